The average molecular weight is 324 g/mol. The molecule has 5 heteroatoms. The highest BCUT2D eigenvalue weighted by Gasteiger charge is 2.29. The molecule has 0 saturated heterocycles. The molecular formula is C17H28N2O2S. The lowest BCUT2D eigenvalue weighted by atomic mass is 9.89. The van der Waals surface area contributed by atoms with Crippen molar-refractivity contribution in [3.63, 3.8) is 0 Å². The first kappa shape index (κ1) is 17.3. The summed E-state index contributed by atoms with van der Waals surface area (Å²) in [6.07, 6.45) is 4.87. The molecule has 0 spiro atoms. The van der Waals surface area contributed by atoms with Gasteiger partial charge in [-0.1, -0.05) is 6.92 Å². The molecule has 0 radical (unpaired) electrons. The first-order chi connectivity index (χ1) is 10.5. The molecule has 22 heavy (non-hydrogen) atoms. The highest BCUT2D eigenvalue weighted by atomic mass is 32.1. The van der Waals surface area contributed by atoms with Gasteiger partial charge < -0.3 is 14.9 Å². The molecule has 0 unspecified atom stereocenters. The van der Waals surface area contributed by atoms with Gasteiger partial charge in [-0.15, -0.1) is 11.3 Å². The van der Waals surface area contributed by atoms with Crippen LogP contribution < -0.4 is 4.90 Å². The summed E-state index contributed by atoms with van der Waals surface area (Å²) in [4.78, 5) is 16.1. The van der Waals surface area contributed by atoms with Crippen molar-refractivity contribution in [1.82, 2.24) is 4.90 Å². The lowest BCUT2D eigenvalue weighted by Gasteiger charge is -2.40. The predicted octanol–water partition coefficient (Wildman–Crippen LogP) is 3.84. The van der Waals surface area contributed by atoms with Crippen molar-refractivity contribution in [3.8, 4) is 0 Å². The van der Waals surface area contributed by atoms with Gasteiger partial charge in [-0.25, -0.2) is 4.79 Å². The van der Waals surface area contributed by atoms with Crippen LogP contribution in [0.2, 0.25) is 0 Å². The molecule has 1 N–H and O–H groups in total. The Morgan fingerprint density at radius 1 is 1.23 bits per heavy atom. The summed E-state index contributed by atoms with van der Waals surface area (Å²) in [5.41, 5.74) is 1.38. The van der Waals surface area contributed by atoms with Crippen LogP contribution in [-0.2, 0) is 0 Å². The summed E-state index contributed by atoms with van der Waals surface area (Å²) in [6, 6.07) is 1.25. The SMILES string of the molecule is CCN(C)[C@H]1CC[C@H](N(CC)c2scc(C(=O)O)c2C)CC1. The van der Waals surface area contributed by atoms with Crippen molar-refractivity contribution >= 4 is 22.3 Å². The quantitative estimate of drug-likeness (QED) is 0.863. The summed E-state index contributed by atoms with van der Waals surface area (Å²) in [5, 5.41) is 12.2. The van der Waals surface area contributed by atoms with E-state index in [-0.39, 0.29) is 0 Å². The van der Waals surface area contributed by atoms with Crippen molar-refractivity contribution < 1.29 is 9.90 Å². The Morgan fingerprint density at radius 2 is 1.82 bits per heavy atom. The van der Waals surface area contributed by atoms with E-state index in [4.69, 9.17) is 0 Å². The lowest BCUT2D eigenvalue weighted by Crippen LogP contribution is -2.43. The third-order valence-electron chi connectivity index (χ3n) is 5.07. The molecule has 1 fully saturated rings. The Kier molecular flexibility index (Phi) is 5.87. The molecule has 1 saturated carbocycles. The second-order valence-electron chi connectivity index (χ2n) is 6.21. The zero-order valence-corrected chi connectivity index (χ0v) is 14.9. The molecule has 0 bridgehead atoms. The number of carboxylic acid groups (broad SMARTS) is 1. The summed E-state index contributed by atoms with van der Waals surface area (Å²) >= 11 is 1.58. The lowest BCUT2D eigenvalue weighted by molar-refractivity contribution is 0.0696. The fourth-order valence-corrected chi connectivity index (χ4v) is 4.74. The van der Waals surface area contributed by atoms with Crippen LogP contribution in [0.1, 0.15) is 55.5 Å². The number of hydrogen-bond acceptors (Lipinski definition) is 4. The number of aromatic carboxylic acids is 1. The summed E-state index contributed by atoms with van der Waals surface area (Å²) in [7, 11) is 2.21. The van der Waals surface area contributed by atoms with Crippen LogP contribution >= 0.6 is 11.3 Å². The van der Waals surface area contributed by atoms with Gasteiger partial charge in [0.1, 0.15) is 0 Å². The number of nitrogens with zero attached hydrogens (tertiary/aromatic N) is 2. The second-order valence-corrected chi connectivity index (χ2v) is 7.06. The van der Waals surface area contributed by atoms with E-state index in [9.17, 15) is 9.90 Å². The van der Waals surface area contributed by atoms with Gasteiger partial charge in [0, 0.05) is 24.0 Å². The van der Waals surface area contributed by atoms with E-state index in [0.717, 1.165) is 23.7 Å². The van der Waals surface area contributed by atoms with Crippen LogP contribution in [0.3, 0.4) is 0 Å². The van der Waals surface area contributed by atoms with Crippen molar-refractivity contribution in [1.29, 1.82) is 0 Å². The van der Waals surface area contributed by atoms with Gasteiger partial charge in [0.05, 0.1) is 10.6 Å². The van der Waals surface area contributed by atoms with Gasteiger partial charge in [0.15, 0.2) is 0 Å². The van der Waals surface area contributed by atoms with Gasteiger partial charge in [0.25, 0.3) is 0 Å². The van der Waals surface area contributed by atoms with Crippen LogP contribution in [-0.4, -0.2) is 48.2 Å². The van der Waals surface area contributed by atoms with E-state index in [2.05, 4.69) is 30.7 Å². The van der Waals surface area contributed by atoms with Gasteiger partial charge in [-0.3, -0.25) is 0 Å². The van der Waals surface area contributed by atoms with Crippen molar-refractivity contribution in [2.45, 2.75) is 58.5 Å². The number of thiophene rings is 1. The molecule has 4 nitrogen and oxygen atoms in total. The predicted molar refractivity (Wildman–Crippen MR) is 93.4 cm³/mol. The molecular weight excluding hydrogens is 296 g/mol. The molecule has 0 aromatic carbocycles. The molecule has 1 aromatic heterocycles. The van der Waals surface area contributed by atoms with Gasteiger partial charge in [-0.2, -0.15) is 0 Å². The van der Waals surface area contributed by atoms with E-state index in [1.165, 1.54) is 25.7 Å². The minimum Gasteiger partial charge on any atom is -0.478 e. The largest absolute Gasteiger partial charge is 0.478 e. The van der Waals surface area contributed by atoms with Crippen LogP contribution in [0.4, 0.5) is 5.00 Å². The molecule has 1 heterocycles. The van der Waals surface area contributed by atoms with Crippen LogP contribution in [0, 0.1) is 6.92 Å². The molecule has 1 aromatic rings. The molecule has 1 aliphatic rings. The maximum Gasteiger partial charge on any atom is 0.336 e. The fourth-order valence-electron chi connectivity index (χ4n) is 3.54. The first-order valence-corrected chi connectivity index (χ1v) is 9.15. The third kappa shape index (κ3) is 3.46. The summed E-state index contributed by atoms with van der Waals surface area (Å²) in [6.45, 7) is 8.38. The van der Waals surface area contributed by atoms with Crippen LogP contribution in [0.5, 0.6) is 0 Å². The molecule has 0 amide bonds. The molecule has 124 valence electrons. The first-order valence-electron chi connectivity index (χ1n) is 8.27. The van der Waals surface area contributed by atoms with E-state index in [1.807, 2.05) is 6.92 Å². The Labute approximate surface area is 137 Å². The third-order valence-corrected chi connectivity index (χ3v) is 6.19. The van der Waals surface area contributed by atoms with Gasteiger partial charge >= 0.3 is 5.97 Å². The Bertz CT molecular complexity index is 507. The number of rotatable bonds is 6. The number of hydrogen-bond donors (Lipinski definition) is 1. The average Bonchev–Trinajstić information content (AvgIpc) is 2.90. The zero-order chi connectivity index (χ0) is 16.3. The topological polar surface area (TPSA) is 43.8 Å². The van der Waals surface area contributed by atoms with Gasteiger partial charge in [0.2, 0.25) is 0 Å². The van der Waals surface area contributed by atoms with Crippen LogP contribution in [0.25, 0.3) is 0 Å². The normalized spacial score (nSPS) is 22.0. The van der Waals surface area contributed by atoms with Crippen molar-refractivity contribution in [3.05, 3.63) is 16.5 Å². The Balaban J connectivity index is 2.09. The minimum atomic E-state index is -0.815. The molecule has 0 aliphatic heterocycles. The van der Waals surface area contributed by atoms with E-state index in [0.29, 0.717) is 17.6 Å². The Morgan fingerprint density at radius 3 is 2.27 bits per heavy atom. The summed E-state index contributed by atoms with van der Waals surface area (Å²) < 4.78 is 0. The number of carbonyl (C=O) groups is 1. The standard InChI is InChI=1S/C17H28N2O2S/c1-5-18(4)13-7-9-14(10-8-13)19(6-2)16-12(3)15(11-22-16)17(20)21/h11,13-14H,5-10H2,1-4H3,(H,20,21)/t13-,14-. The number of anilines is 1. The van der Waals surface area contributed by atoms with Crippen LogP contribution in [0.15, 0.2) is 5.38 Å². The van der Waals surface area contributed by atoms with E-state index < -0.39 is 5.97 Å². The van der Waals surface area contributed by atoms with E-state index >= 15 is 0 Å². The van der Waals surface area contributed by atoms with Crippen molar-refractivity contribution in [2.24, 2.45) is 0 Å². The maximum absolute atomic E-state index is 11.3. The molecule has 1 aliphatic carbocycles. The second kappa shape index (κ2) is 7.47. The van der Waals surface area contributed by atoms with E-state index in [1.54, 1.807) is 16.7 Å². The smallest absolute Gasteiger partial charge is 0.336 e. The molecule has 0 atom stereocenters. The minimum absolute atomic E-state index is 0.456. The number of carboxylic acids is 1. The Hall–Kier alpha value is -1.07. The maximum atomic E-state index is 11.3. The zero-order valence-electron chi connectivity index (χ0n) is 14.1. The highest BCUT2D eigenvalue weighted by molar-refractivity contribution is 7.14. The monoisotopic (exact) mass is 324 g/mol. The highest BCUT2D eigenvalue weighted by Crippen LogP contribution is 2.36. The molecule has 2 rings (SSSR count). The van der Waals surface area contributed by atoms with Gasteiger partial charge in [-0.05, 0) is 58.7 Å². The summed E-state index contributed by atoms with van der Waals surface area (Å²) in [5.74, 6) is -0.815. The van der Waals surface area contributed by atoms with Crippen molar-refractivity contribution in [2.75, 3.05) is 25.0 Å². The fraction of sp³-hybridized carbons (Fsp3) is 0.706.